The number of aryl methyl sites for hydroxylation is 1. The fourth-order valence-electron chi connectivity index (χ4n) is 3.16. The number of H-pyrrole nitrogens is 1. The van der Waals surface area contributed by atoms with Crippen molar-refractivity contribution in [3.8, 4) is 0 Å². The third kappa shape index (κ3) is 4.96. The predicted octanol–water partition coefficient (Wildman–Crippen LogP) is 4.18. The van der Waals surface area contributed by atoms with Gasteiger partial charge in [-0.1, -0.05) is 45.7 Å². The number of halogens is 1. The van der Waals surface area contributed by atoms with Crippen LogP contribution in [0.15, 0.2) is 0 Å². The number of nitrogens with zero attached hydrogens (tertiary/aromatic N) is 1. The number of unbranched alkanes of at least 4 members (excludes halogenated alkanes) is 1. The van der Waals surface area contributed by atoms with Crippen LogP contribution in [0.2, 0.25) is 5.15 Å². The molecule has 1 aliphatic heterocycles. The molecule has 1 aliphatic rings. The lowest BCUT2D eigenvalue weighted by Gasteiger charge is -2.41. The first-order valence-corrected chi connectivity index (χ1v) is 9.25. The van der Waals surface area contributed by atoms with Crippen molar-refractivity contribution < 1.29 is 9.53 Å². The molecular formula is C18H30ClN3O2. The minimum atomic E-state index is -0.171. The van der Waals surface area contributed by atoms with Crippen molar-refractivity contribution >= 4 is 17.5 Å². The van der Waals surface area contributed by atoms with Crippen molar-refractivity contribution in [3.05, 3.63) is 16.7 Å². The SMILES string of the molecule is CCCCc1nc(Cl)c([C@H]2C[C@@H](NC(C)=O)C[C@@H](C(C)(C)C)O2)[nH]1. The van der Waals surface area contributed by atoms with Gasteiger partial charge in [0, 0.05) is 19.4 Å². The number of aromatic amines is 1. The first kappa shape index (κ1) is 19.3. The maximum Gasteiger partial charge on any atom is 0.217 e. The van der Waals surface area contributed by atoms with E-state index in [2.05, 4.69) is 43.0 Å². The van der Waals surface area contributed by atoms with Crippen LogP contribution in [0.5, 0.6) is 0 Å². The molecule has 0 unspecified atom stereocenters. The van der Waals surface area contributed by atoms with Crippen LogP contribution in [0.4, 0.5) is 0 Å². The lowest BCUT2D eigenvalue weighted by atomic mass is 9.82. The molecule has 0 bridgehead atoms. The Hall–Kier alpha value is -1.07. The van der Waals surface area contributed by atoms with Crippen molar-refractivity contribution in [1.82, 2.24) is 15.3 Å². The smallest absolute Gasteiger partial charge is 0.217 e. The molecule has 0 aliphatic carbocycles. The van der Waals surface area contributed by atoms with E-state index in [1.807, 2.05) is 0 Å². The van der Waals surface area contributed by atoms with Gasteiger partial charge in [-0.2, -0.15) is 0 Å². The van der Waals surface area contributed by atoms with E-state index in [0.717, 1.165) is 37.2 Å². The molecule has 1 amide bonds. The van der Waals surface area contributed by atoms with E-state index in [1.54, 1.807) is 6.92 Å². The summed E-state index contributed by atoms with van der Waals surface area (Å²) in [5.74, 6) is 0.905. The molecule has 0 spiro atoms. The molecular weight excluding hydrogens is 326 g/mol. The first-order chi connectivity index (χ1) is 11.2. The molecule has 1 fully saturated rings. The van der Waals surface area contributed by atoms with Crippen molar-refractivity contribution in [3.63, 3.8) is 0 Å². The molecule has 2 heterocycles. The molecule has 0 radical (unpaired) electrons. The molecule has 136 valence electrons. The van der Waals surface area contributed by atoms with Gasteiger partial charge in [0.25, 0.3) is 0 Å². The number of hydrogen-bond donors (Lipinski definition) is 2. The summed E-state index contributed by atoms with van der Waals surface area (Å²) in [4.78, 5) is 19.3. The highest BCUT2D eigenvalue weighted by Gasteiger charge is 2.38. The molecule has 3 atom stereocenters. The van der Waals surface area contributed by atoms with E-state index in [1.165, 1.54) is 0 Å². The van der Waals surface area contributed by atoms with Gasteiger partial charge in [-0.05, 0) is 24.7 Å². The Bertz CT molecular complexity index is 565. The van der Waals surface area contributed by atoms with Gasteiger partial charge < -0.3 is 15.0 Å². The van der Waals surface area contributed by atoms with Crippen LogP contribution < -0.4 is 5.32 Å². The largest absolute Gasteiger partial charge is 0.368 e. The van der Waals surface area contributed by atoms with Gasteiger partial charge in [0.2, 0.25) is 5.91 Å². The van der Waals surface area contributed by atoms with Crippen molar-refractivity contribution in [2.45, 2.75) is 85.0 Å². The molecule has 1 aromatic rings. The monoisotopic (exact) mass is 355 g/mol. The zero-order valence-corrected chi connectivity index (χ0v) is 16.2. The maximum atomic E-state index is 11.5. The number of carbonyl (C=O) groups excluding carboxylic acids is 1. The Morgan fingerprint density at radius 3 is 2.71 bits per heavy atom. The quantitative estimate of drug-likeness (QED) is 0.832. The van der Waals surface area contributed by atoms with Gasteiger partial charge in [-0.3, -0.25) is 4.79 Å². The van der Waals surface area contributed by atoms with E-state index in [0.29, 0.717) is 11.6 Å². The summed E-state index contributed by atoms with van der Waals surface area (Å²) in [5, 5.41) is 3.54. The van der Waals surface area contributed by atoms with Gasteiger partial charge in [0.05, 0.1) is 11.8 Å². The number of imidazole rings is 1. The molecule has 2 N–H and O–H groups in total. The second kappa shape index (κ2) is 7.87. The maximum absolute atomic E-state index is 11.5. The first-order valence-electron chi connectivity index (χ1n) is 8.87. The third-order valence-corrected chi connectivity index (χ3v) is 4.81. The Kier molecular flexibility index (Phi) is 6.32. The summed E-state index contributed by atoms with van der Waals surface area (Å²) in [6, 6.07) is 0.0870. The lowest BCUT2D eigenvalue weighted by molar-refractivity contribution is -0.127. The zero-order valence-electron chi connectivity index (χ0n) is 15.4. The van der Waals surface area contributed by atoms with Gasteiger partial charge in [0.15, 0.2) is 5.15 Å². The molecule has 1 saturated heterocycles. The van der Waals surface area contributed by atoms with E-state index in [9.17, 15) is 4.79 Å². The number of amides is 1. The van der Waals surface area contributed by atoms with E-state index in [4.69, 9.17) is 16.3 Å². The number of carbonyl (C=O) groups is 1. The van der Waals surface area contributed by atoms with Gasteiger partial charge in [-0.25, -0.2) is 4.98 Å². The number of ether oxygens (including phenoxy) is 1. The van der Waals surface area contributed by atoms with Gasteiger partial charge in [-0.15, -0.1) is 0 Å². The molecule has 0 aromatic carbocycles. The lowest BCUT2D eigenvalue weighted by Crippen LogP contribution is -2.46. The van der Waals surface area contributed by atoms with Crippen LogP contribution in [0, 0.1) is 5.41 Å². The Labute approximate surface area is 149 Å². The summed E-state index contributed by atoms with van der Waals surface area (Å²) < 4.78 is 6.34. The normalized spacial score (nSPS) is 24.8. The van der Waals surface area contributed by atoms with Crippen LogP contribution >= 0.6 is 11.6 Å². The Balaban J connectivity index is 2.20. The summed E-state index contributed by atoms with van der Waals surface area (Å²) >= 11 is 6.36. The van der Waals surface area contributed by atoms with Crippen LogP contribution in [-0.4, -0.2) is 28.0 Å². The van der Waals surface area contributed by atoms with Crippen LogP contribution in [0.3, 0.4) is 0 Å². The highest BCUT2D eigenvalue weighted by atomic mass is 35.5. The fourth-order valence-corrected chi connectivity index (χ4v) is 3.43. The minimum absolute atomic E-state index is 0.00680. The standard InChI is InChI=1S/C18H30ClN3O2/c1-6-7-8-15-21-16(17(19)22-15)13-9-12(20-11(2)23)10-14(24-13)18(3,4)5/h12-14H,6-10H2,1-5H3,(H,20,23)(H,21,22)/t12-,13-,14+/m1/s1. The van der Waals surface area contributed by atoms with E-state index >= 15 is 0 Å². The molecule has 6 heteroatoms. The third-order valence-electron chi connectivity index (χ3n) is 4.52. The summed E-state index contributed by atoms with van der Waals surface area (Å²) in [6.07, 6.45) is 4.48. The van der Waals surface area contributed by atoms with Gasteiger partial charge in [0.1, 0.15) is 11.9 Å². The molecule has 24 heavy (non-hydrogen) atoms. The van der Waals surface area contributed by atoms with Crippen molar-refractivity contribution in [2.75, 3.05) is 0 Å². The average Bonchev–Trinajstić information content (AvgIpc) is 2.84. The Morgan fingerprint density at radius 2 is 2.12 bits per heavy atom. The van der Waals surface area contributed by atoms with E-state index in [-0.39, 0.29) is 29.6 Å². The molecule has 5 nitrogen and oxygen atoms in total. The topological polar surface area (TPSA) is 67.0 Å². The number of nitrogens with one attached hydrogen (secondary N) is 2. The van der Waals surface area contributed by atoms with Crippen LogP contribution in [0.1, 0.15) is 77.9 Å². The molecule has 1 aromatic heterocycles. The summed E-state index contributed by atoms with van der Waals surface area (Å²) in [7, 11) is 0. The fraction of sp³-hybridized carbons (Fsp3) is 0.778. The zero-order chi connectivity index (χ0) is 17.9. The summed E-state index contributed by atoms with van der Waals surface area (Å²) in [5.41, 5.74) is 0.833. The Morgan fingerprint density at radius 1 is 1.42 bits per heavy atom. The number of rotatable bonds is 5. The van der Waals surface area contributed by atoms with Crippen LogP contribution in [-0.2, 0) is 16.0 Å². The van der Waals surface area contributed by atoms with Crippen molar-refractivity contribution in [1.29, 1.82) is 0 Å². The van der Waals surface area contributed by atoms with Gasteiger partial charge >= 0.3 is 0 Å². The minimum Gasteiger partial charge on any atom is -0.368 e. The van der Waals surface area contributed by atoms with Crippen LogP contribution in [0.25, 0.3) is 0 Å². The van der Waals surface area contributed by atoms with E-state index < -0.39 is 0 Å². The van der Waals surface area contributed by atoms with Crippen molar-refractivity contribution in [2.24, 2.45) is 5.41 Å². The number of hydrogen-bond acceptors (Lipinski definition) is 3. The molecule has 2 rings (SSSR count). The summed E-state index contributed by atoms with van der Waals surface area (Å²) in [6.45, 7) is 10.2. The highest BCUT2D eigenvalue weighted by molar-refractivity contribution is 6.30. The highest BCUT2D eigenvalue weighted by Crippen LogP contribution is 2.39. The predicted molar refractivity (Wildman–Crippen MR) is 96.1 cm³/mol. The second-order valence-corrected chi connectivity index (χ2v) is 8.20. The average molecular weight is 356 g/mol. The molecule has 0 saturated carbocycles. The second-order valence-electron chi connectivity index (χ2n) is 7.84. The number of aromatic nitrogens is 2.